The molecule has 128 valence electrons. The smallest absolute Gasteiger partial charge is 0.167 e. The molecule has 9 heteroatoms. The van der Waals surface area contributed by atoms with Gasteiger partial charge in [-0.15, -0.1) is 6.42 Å². The number of nitrogens with two attached hydrogens (primary N) is 1. The minimum atomic E-state index is -0.525. The number of anilines is 1. The molecule has 2 unspecified atom stereocenters. The van der Waals surface area contributed by atoms with Gasteiger partial charge < -0.3 is 24.7 Å². The minimum absolute atomic E-state index is 0.133. The molecule has 0 amide bonds. The molecule has 0 saturated carbocycles. The number of ether oxygens (including phenoxy) is 4. The number of hydrogen-bond donors (Lipinski definition) is 1. The van der Waals surface area contributed by atoms with E-state index in [4.69, 9.17) is 31.1 Å². The van der Waals surface area contributed by atoms with Crippen LogP contribution >= 0.6 is 0 Å². The highest BCUT2D eigenvalue weighted by molar-refractivity contribution is 5.81. The number of rotatable bonds is 6. The van der Waals surface area contributed by atoms with Crippen LogP contribution in [0, 0.1) is 12.3 Å². The van der Waals surface area contributed by atoms with Gasteiger partial charge in [0.15, 0.2) is 17.7 Å². The Kier molecular flexibility index (Phi) is 4.92. The second kappa shape index (κ2) is 7.11. The molecular formula is C15H19N5O4. The maximum Gasteiger partial charge on any atom is 0.167 e. The summed E-state index contributed by atoms with van der Waals surface area (Å²) >= 11 is 0. The summed E-state index contributed by atoms with van der Waals surface area (Å²) in [6, 6.07) is 0. The lowest BCUT2D eigenvalue weighted by atomic mass is 10.1. The lowest BCUT2D eigenvalue weighted by Crippen LogP contribution is -2.37. The number of nitrogens with zero attached hydrogens (tertiary/aromatic N) is 4. The van der Waals surface area contributed by atoms with Crippen LogP contribution in [0.2, 0.25) is 0 Å². The van der Waals surface area contributed by atoms with E-state index in [-0.39, 0.29) is 18.8 Å². The highest BCUT2D eigenvalue weighted by Crippen LogP contribution is 2.35. The molecule has 0 aliphatic carbocycles. The summed E-state index contributed by atoms with van der Waals surface area (Å²) < 4.78 is 24.4. The molecule has 3 rings (SSSR count). The first-order valence-corrected chi connectivity index (χ1v) is 7.36. The monoisotopic (exact) mass is 333 g/mol. The zero-order chi connectivity index (χ0) is 17.1. The van der Waals surface area contributed by atoms with Gasteiger partial charge in [-0.2, -0.15) is 0 Å². The van der Waals surface area contributed by atoms with Crippen molar-refractivity contribution < 1.29 is 18.9 Å². The van der Waals surface area contributed by atoms with Gasteiger partial charge in [0.2, 0.25) is 0 Å². The molecule has 4 atom stereocenters. The predicted octanol–water partition coefficient (Wildman–Crippen LogP) is -0.0143. The summed E-state index contributed by atoms with van der Waals surface area (Å²) in [5.41, 5.74) is 6.89. The quantitative estimate of drug-likeness (QED) is 0.736. The first-order chi connectivity index (χ1) is 11.7. The Labute approximate surface area is 139 Å². The van der Waals surface area contributed by atoms with Crippen molar-refractivity contribution in [2.45, 2.75) is 24.5 Å². The first kappa shape index (κ1) is 16.6. The van der Waals surface area contributed by atoms with Crippen LogP contribution in [0.3, 0.4) is 0 Å². The Hall–Kier alpha value is -2.25. The van der Waals surface area contributed by atoms with E-state index in [1.807, 2.05) is 0 Å². The normalized spacial score (nSPS) is 26.7. The zero-order valence-electron chi connectivity index (χ0n) is 13.5. The summed E-state index contributed by atoms with van der Waals surface area (Å²) in [5, 5.41) is 0. The number of imidazole rings is 1. The number of hydrogen-bond acceptors (Lipinski definition) is 8. The highest BCUT2D eigenvalue weighted by Gasteiger charge is 2.47. The average molecular weight is 333 g/mol. The number of aromatic nitrogens is 4. The van der Waals surface area contributed by atoms with Crippen LogP contribution in [-0.2, 0) is 18.9 Å². The Morgan fingerprint density at radius 3 is 2.88 bits per heavy atom. The maximum absolute atomic E-state index is 6.09. The van der Waals surface area contributed by atoms with Crippen LogP contribution in [0.25, 0.3) is 11.2 Å². The van der Waals surface area contributed by atoms with E-state index in [2.05, 4.69) is 20.9 Å². The number of methoxy groups -OCH3 is 2. The van der Waals surface area contributed by atoms with Gasteiger partial charge in [0.05, 0.1) is 12.9 Å². The van der Waals surface area contributed by atoms with Crippen molar-refractivity contribution >= 4 is 17.0 Å². The minimum Gasteiger partial charge on any atom is -0.382 e. The third kappa shape index (κ3) is 2.81. The Bertz CT molecular complexity index is 743. The fourth-order valence-electron chi connectivity index (χ4n) is 2.89. The lowest BCUT2D eigenvalue weighted by molar-refractivity contribution is -0.0670. The van der Waals surface area contributed by atoms with Gasteiger partial charge in [0.1, 0.15) is 36.8 Å². The van der Waals surface area contributed by atoms with Crippen molar-refractivity contribution in [2.24, 2.45) is 0 Å². The van der Waals surface area contributed by atoms with E-state index in [0.717, 1.165) is 0 Å². The van der Waals surface area contributed by atoms with Crippen LogP contribution in [0.4, 0.5) is 5.82 Å². The summed E-state index contributed by atoms with van der Waals surface area (Å²) in [7, 11) is 3.19. The number of terminal acetylenes is 1. The van der Waals surface area contributed by atoms with Gasteiger partial charge in [-0.25, -0.2) is 15.0 Å². The van der Waals surface area contributed by atoms with Gasteiger partial charge >= 0.3 is 0 Å². The molecule has 2 aromatic rings. The SMILES string of the molecule is C#CCOC1C(OC)[C@@H](COC)O[C@H]1n1cnc2c(N)ncnc21. The van der Waals surface area contributed by atoms with E-state index in [1.54, 1.807) is 25.1 Å². The van der Waals surface area contributed by atoms with Crippen molar-refractivity contribution in [2.75, 3.05) is 33.2 Å². The topological polar surface area (TPSA) is 107 Å². The summed E-state index contributed by atoms with van der Waals surface area (Å²) in [4.78, 5) is 12.4. The van der Waals surface area contributed by atoms with Gasteiger partial charge in [0, 0.05) is 14.2 Å². The van der Waals surface area contributed by atoms with Crippen LogP contribution < -0.4 is 5.73 Å². The third-order valence-electron chi connectivity index (χ3n) is 3.91. The largest absolute Gasteiger partial charge is 0.382 e. The standard InChI is InChI=1S/C15H19N5O4/c1-4-5-23-12-11(22-3)9(6-21-2)24-15(12)20-8-19-10-13(16)17-7-18-14(10)20/h1,7-9,11-12,15H,5-6H2,2-3H3,(H2,16,17,18)/t9-,11?,12?,15-/m1/s1. The fourth-order valence-corrected chi connectivity index (χ4v) is 2.89. The maximum atomic E-state index is 6.09. The van der Waals surface area contributed by atoms with E-state index in [0.29, 0.717) is 23.6 Å². The number of fused-ring (bicyclic) bond motifs is 1. The molecular weight excluding hydrogens is 314 g/mol. The van der Waals surface area contributed by atoms with Crippen molar-refractivity contribution in [1.82, 2.24) is 19.5 Å². The summed E-state index contributed by atoms with van der Waals surface area (Å²) in [5.74, 6) is 2.76. The molecule has 1 aliphatic rings. The summed E-state index contributed by atoms with van der Waals surface area (Å²) in [6.07, 6.45) is 6.66. The molecule has 0 spiro atoms. The molecule has 0 radical (unpaired) electrons. The molecule has 1 aliphatic heterocycles. The Morgan fingerprint density at radius 2 is 2.17 bits per heavy atom. The summed E-state index contributed by atoms with van der Waals surface area (Å²) in [6.45, 7) is 0.489. The Balaban J connectivity index is 1.99. The average Bonchev–Trinajstić information content (AvgIpc) is 3.15. The van der Waals surface area contributed by atoms with Gasteiger partial charge in [-0.05, 0) is 0 Å². The van der Waals surface area contributed by atoms with Crippen molar-refractivity contribution in [1.29, 1.82) is 0 Å². The molecule has 24 heavy (non-hydrogen) atoms. The van der Waals surface area contributed by atoms with E-state index in [9.17, 15) is 0 Å². The van der Waals surface area contributed by atoms with Crippen LogP contribution in [0.15, 0.2) is 12.7 Å². The molecule has 1 fully saturated rings. The first-order valence-electron chi connectivity index (χ1n) is 7.36. The lowest BCUT2D eigenvalue weighted by Gasteiger charge is -2.23. The molecule has 0 bridgehead atoms. The molecule has 0 aromatic carbocycles. The van der Waals surface area contributed by atoms with Crippen LogP contribution in [0.1, 0.15) is 6.23 Å². The van der Waals surface area contributed by atoms with E-state index < -0.39 is 12.3 Å². The van der Waals surface area contributed by atoms with Gasteiger partial charge in [-0.3, -0.25) is 4.57 Å². The second-order valence-corrected chi connectivity index (χ2v) is 5.28. The molecule has 1 saturated heterocycles. The van der Waals surface area contributed by atoms with Gasteiger partial charge in [-0.1, -0.05) is 5.92 Å². The van der Waals surface area contributed by atoms with Crippen molar-refractivity contribution in [3.05, 3.63) is 12.7 Å². The number of nitrogen functional groups attached to an aromatic ring is 1. The van der Waals surface area contributed by atoms with Crippen molar-refractivity contribution in [3.63, 3.8) is 0 Å². The van der Waals surface area contributed by atoms with E-state index in [1.165, 1.54) is 6.33 Å². The highest BCUT2D eigenvalue weighted by atomic mass is 16.6. The van der Waals surface area contributed by atoms with Crippen molar-refractivity contribution in [3.8, 4) is 12.3 Å². The molecule has 3 heterocycles. The third-order valence-corrected chi connectivity index (χ3v) is 3.91. The van der Waals surface area contributed by atoms with Crippen LogP contribution in [-0.4, -0.2) is 65.3 Å². The molecule has 9 nitrogen and oxygen atoms in total. The Morgan fingerprint density at radius 1 is 1.33 bits per heavy atom. The fraction of sp³-hybridized carbons (Fsp3) is 0.533. The van der Waals surface area contributed by atoms with E-state index >= 15 is 0 Å². The molecule has 2 aromatic heterocycles. The van der Waals surface area contributed by atoms with Crippen LogP contribution in [0.5, 0.6) is 0 Å². The zero-order valence-corrected chi connectivity index (χ0v) is 13.5. The predicted molar refractivity (Wildman–Crippen MR) is 84.9 cm³/mol. The second-order valence-electron chi connectivity index (χ2n) is 5.28. The van der Waals surface area contributed by atoms with Gasteiger partial charge in [0.25, 0.3) is 0 Å². The molecule has 2 N–H and O–H groups in total.